The number of sulfonamides is 1. The smallest absolute Gasteiger partial charge is 0.267 e. The van der Waals surface area contributed by atoms with E-state index in [4.69, 9.17) is 10.5 Å². The maximum atomic E-state index is 12.4. The summed E-state index contributed by atoms with van der Waals surface area (Å²) < 4.78 is 32.2. The Kier molecular flexibility index (Phi) is 3.99. The molecule has 8 heteroatoms. The molecular weight excluding hydrogens is 292 g/mol. The van der Waals surface area contributed by atoms with Crippen LogP contribution in [0.15, 0.2) is 29.2 Å². The molecule has 0 saturated carbocycles. The van der Waals surface area contributed by atoms with Crippen molar-refractivity contribution in [1.82, 2.24) is 9.97 Å². The minimum absolute atomic E-state index is 0.0111. The monoisotopic (exact) mass is 308 g/mol. The maximum absolute atomic E-state index is 12.4. The summed E-state index contributed by atoms with van der Waals surface area (Å²) in [5.74, 6) is 0.207. The van der Waals surface area contributed by atoms with Gasteiger partial charge in [0.2, 0.25) is 5.95 Å². The predicted molar refractivity (Wildman–Crippen MR) is 79.7 cm³/mol. The Labute approximate surface area is 123 Å². The normalized spacial score (nSPS) is 11.2. The molecule has 0 atom stereocenters. The van der Waals surface area contributed by atoms with Gasteiger partial charge in [-0.3, -0.25) is 0 Å². The summed E-state index contributed by atoms with van der Waals surface area (Å²) in [4.78, 5) is 8.04. The van der Waals surface area contributed by atoms with Crippen molar-refractivity contribution in [3.63, 3.8) is 0 Å². The van der Waals surface area contributed by atoms with E-state index in [0.29, 0.717) is 17.1 Å². The fourth-order valence-corrected chi connectivity index (χ4v) is 3.00. The number of nitrogen functional groups attached to an aromatic ring is 1. The third kappa shape index (κ3) is 3.40. The lowest BCUT2D eigenvalue weighted by Gasteiger charge is -2.11. The average Bonchev–Trinajstić information content (AvgIpc) is 2.36. The molecule has 21 heavy (non-hydrogen) atoms. The van der Waals surface area contributed by atoms with Crippen molar-refractivity contribution >= 4 is 21.7 Å². The highest BCUT2D eigenvalue weighted by Crippen LogP contribution is 2.27. The third-order valence-corrected chi connectivity index (χ3v) is 4.03. The molecule has 0 fully saturated rings. The molecule has 112 valence electrons. The van der Waals surface area contributed by atoms with Gasteiger partial charge in [-0.2, -0.15) is 0 Å². The van der Waals surface area contributed by atoms with Gasteiger partial charge < -0.3 is 10.5 Å². The molecular formula is C13H16N4O3S. The van der Waals surface area contributed by atoms with Crippen molar-refractivity contribution < 1.29 is 13.2 Å². The molecule has 2 rings (SSSR count). The van der Waals surface area contributed by atoms with Crippen LogP contribution in [0.1, 0.15) is 11.4 Å². The topological polar surface area (TPSA) is 107 Å². The maximum Gasteiger partial charge on any atom is 0.267 e. The van der Waals surface area contributed by atoms with Crippen molar-refractivity contribution in [2.24, 2.45) is 0 Å². The third-order valence-electron chi connectivity index (χ3n) is 2.69. The van der Waals surface area contributed by atoms with Gasteiger partial charge in [0.1, 0.15) is 10.6 Å². The van der Waals surface area contributed by atoms with E-state index in [1.165, 1.54) is 19.2 Å². The second-order valence-corrected chi connectivity index (χ2v) is 6.14. The number of nitrogens with zero attached hydrogens (tertiary/aromatic N) is 2. The molecule has 0 aliphatic heterocycles. The minimum Gasteiger partial charge on any atom is -0.495 e. The molecule has 0 aliphatic rings. The Balaban J connectivity index is 2.45. The highest BCUT2D eigenvalue weighted by molar-refractivity contribution is 7.92. The van der Waals surface area contributed by atoms with Crippen molar-refractivity contribution in [3.8, 4) is 5.75 Å². The van der Waals surface area contributed by atoms with Crippen LogP contribution < -0.4 is 15.2 Å². The fourth-order valence-electron chi connectivity index (χ4n) is 1.85. The zero-order valence-electron chi connectivity index (χ0n) is 11.9. The van der Waals surface area contributed by atoms with Gasteiger partial charge in [0.05, 0.1) is 7.11 Å². The lowest BCUT2D eigenvalue weighted by Crippen LogP contribution is -2.17. The van der Waals surface area contributed by atoms with Gasteiger partial charge in [0.15, 0.2) is 0 Å². The number of nitrogens with two attached hydrogens (primary N) is 1. The van der Waals surface area contributed by atoms with Gasteiger partial charge in [0.25, 0.3) is 10.0 Å². The summed E-state index contributed by atoms with van der Waals surface area (Å²) in [7, 11) is -2.51. The summed E-state index contributed by atoms with van der Waals surface area (Å²) in [5, 5.41) is 0. The van der Waals surface area contributed by atoms with Crippen LogP contribution in [0, 0.1) is 13.8 Å². The molecule has 1 aromatic carbocycles. The quantitative estimate of drug-likeness (QED) is 0.829. The van der Waals surface area contributed by atoms with Gasteiger partial charge in [-0.25, -0.2) is 23.1 Å². The van der Waals surface area contributed by atoms with Crippen LogP contribution in [0.4, 0.5) is 11.6 Å². The summed E-state index contributed by atoms with van der Waals surface area (Å²) in [5.41, 5.74) is 7.29. The van der Waals surface area contributed by atoms with E-state index >= 15 is 0 Å². The molecule has 3 N–H and O–H groups in total. The zero-order chi connectivity index (χ0) is 15.6. The summed E-state index contributed by atoms with van der Waals surface area (Å²) in [6.45, 7) is 3.52. The standard InChI is InChI=1S/C13H16N4O3S/c1-8-6-9(2)16-13(15-8)17-21(18,19)12-7-10(14)4-5-11(12)20-3/h4-7H,14H2,1-3H3,(H,15,16,17). The van der Waals surface area contributed by atoms with E-state index < -0.39 is 10.0 Å². The zero-order valence-corrected chi connectivity index (χ0v) is 12.7. The van der Waals surface area contributed by atoms with E-state index in [9.17, 15) is 8.42 Å². The van der Waals surface area contributed by atoms with Crippen molar-refractivity contribution in [1.29, 1.82) is 0 Å². The Morgan fingerprint density at radius 2 is 1.76 bits per heavy atom. The van der Waals surface area contributed by atoms with Crippen molar-refractivity contribution in [2.45, 2.75) is 18.7 Å². The largest absolute Gasteiger partial charge is 0.495 e. The summed E-state index contributed by atoms with van der Waals surface area (Å²) >= 11 is 0. The molecule has 7 nitrogen and oxygen atoms in total. The van der Waals surface area contributed by atoms with Crippen LogP contribution >= 0.6 is 0 Å². The Morgan fingerprint density at radius 3 is 2.33 bits per heavy atom. The number of hydrogen-bond donors (Lipinski definition) is 2. The average molecular weight is 308 g/mol. The molecule has 1 heterocycles. The molecule has 0 amide bonds. The van der Waals surface area contributed by atoms with Crippen LogP contribution in [-0.2, 0) is 10.0 Å². The van der Waals surface area contributed by atoms with Crippen LogP contribution in [0.3, 0.4) is 0 Å². The molecule has 0 bridgehead atoms. The van der Waals surface area contributed by atoms with E-state index in [2.05, 4.69) is 14.7 Å². The number of methoxy groups -OCH3 is 1. The van der Waals surface area contributed by atoms with Crippen LogP contribution in [-0.4, -0.2) is 25.5 Å². The molecule has 0 spiro atoms. The number of ether oxygens (including phenoxy) is 1. The van der Waals surface area contributed by atoms with E-state index in [-0.39, 0.29) is 16.6 Å². The van der Waals surface area contributed by atoms with Crippen molar-refractivity contribution in [3.05, 3.63) is 35.7 Å². The second-order valence-electron chi connectivity index (χ2n) is 4.49. The molecule has 0 radical (unpaired) electrons. The lowest BCUT2D eigenvalue weighted by molar-refractivity contribution is 0.403. The van der Waals surface area contributed by atoms with Crippen LogP contribution in [0.2, 0.25) is 0 Å². The fraction of sp³-hybridized carbons (Fsp3) is 0.231. The highest BCUT2D eigenvalue weighted by Gasteiger charge is 2.21. The first kappa shape index (κ1) is 15.0. The van der Waals surface area contributed by atoms with Gasteiger partial charge in [0, 0.05) is 17.1 Å². The van der Waals surface area contributed by atoms with Crippen LogP contribution in [0.5, 0.6) is 5.75 Å². The SMILES string of the molecule is COc1ccc(N)cc1S(=O)(=O)Nc1nc(C)cc(C)n1. The molecule has 0 saturated heterocycles. The van der Waals surface area contributed by atoms with Crippen LogP contribution in [0.25, 0.3) is 0 Å². The van der Waals surface area contributed by atoms with Gasteiger partial charge in [-0.1, -0.05) is 0 Å². The molecule has 2 aromatic rings. The Bertz CT molecular complexity index is 755. The number of benzene rings is 1. The number of aromatic nitrogens is 2. The Hall–Kier alpha value is -2.35. The minimum atomic E-state index is -3.89. The first-order chi connectivity index (χ1) is 9.81. The van der Waals surface area contributed by atoms with Gasteiger partial charge in [-0.05, 0) is 38.1 Å². The first-order valence-corrected chi connectivity index (χ1v) is 7.59. The summed E-state index contributed by atoms with van der Waals surface area (Å²) in [6.07, 6.45) is 0. The van der Waals surface area contributed by atoms with Gasteiger partial charge in [-0.15, -0.1) is 0 Å². The van der Waals surface area contributed by atoms with Gasteiger partial charge >= 0.3 is 0 Å². The molecule has 0 aliphatic carbocycles. The predicted octanol–water partition coefficient (Wildman–Crippen LogP) is 1.49. The number of nitrogens with one attached hydrogen (secondary N) is 1. The molecule has 0 unspecified atom stereocenters. The molecule has 1 aromatic heterocycles. The van der Waals surface area contributed by atoms with E-state index in [1.54, 1.807) is 26.0 Å². The lowest BCUT2D eigenvalue weighted by atomic mass is 10.3. The van der Waals surface area contributed by atoms with Crippen molar-refractivity contribution in [2.75, 3.05) is 17.6 Å². The number of aryl methyl sites for hydroxylation is 2. The second kappa shape index (κ2) is 5.57. The highest BCUT2D eigenvalue weighted by atomic mass is 32.2. The van der Waals surface area contributed by atoms with E-state index in [1.807, 2.05) is 0 Å². The van der Waals surface area contributed by atoms with E-state index in [0.717, 1.165) is 0 Å². The first-order valence-electron chi connectivity index (χ1n) is 6.10. The summed E-state index contributed by atoms with van der Waals surface area (Å²) in [6, 6.07) is 6.13. The number of rotatable bonds is 4. The Morgan fingerprint density at radius 1 is 1.14 bits per heavy atom. The number of hydrogen-bond acceptors (Lipinski definition) is 6. The number of anilines is 2.